The molecule has 3 atom stereocenters. The van der Waals surface area contributed by atoms with Crippen molar-refractivity contribution in [3.05, 3.63) is 47.3 Å². The number of hydrogen-bond acceptors (Lipinski definition) is 4. The number of nitrogens with zero attached hydrogens (tertiary/aromatic N) is 3. The maximum atomic E-state index is 13.9. The van der Waals surface area contributed by atoms with E-state index in [1.54, 1.807) is 19.9 Å². The Bertz CT molecular complexity index is 621. The molecular weight excluding hydrogens is 292 g/mol. The second-order valence-electron chi connectivity index (χ2n) is 5.21. The zero-order chi connectivity index (χ0) is 15.6. The molecule has 0 saturated carbocycles. The van der Waals surface area contributed by atoms with Crippen LogP contribution in [-0.4, -0.2) is 26.0 Å². The van der Waals surface area contributed by atoms with Crippen molar-refractivity contribution in [1.29, 1.82) is 0 Å². The minimum atomic E-state index is -1.42. The third-order valence-electron chi connectivity index (χ3n) is 3.72. The molecule has 0 amide bonds. The molecule has 7 heteroatoms. The molecule has 0 aliphatic heterocycles. The van der Waals surface area contributed by atoms with Gasteiger partial charge < -0.3 is 9.63 Å². The van der Waals surface area contributed by atoms with Crippen molar-refractivity contribution in [1.82, 2.24) is 14.8 Å². The van der Waals surface area contributed by atoms with Gasteiger partial charge in [0.1, 0.15) is 24.1 Å². The lowest BCUT2D eigenvalue weighted by Crippen LogP contribution is -2.43. The molecule has 0 aliphatic carbocycles. The van der Waals surface area contributed by atoms with Crippen LogP contribution in [0.4, 0.5) is 4.39 Å². The van der Waals surface area contributed by atoms with Crippen LogP contribution in [0.25, 0.3) is 0 Å². The Labute approximate surface area is 125 Å². The van der Waals surface area contributed by atoms with Gasteiger partial charge in [0.2, 0.25) is 0 Å². The summed E-state index contributed by atoms with van der Waals surface area (Å²) in [7, 11) is 2.13. The molecular formula is C14H19FN3O2P. The zero-order valence-corrected chi connectivity index (χ0v) is 13.4. The molecule has 0 bridgehead atoms. The van der Waals surface area contributed by atoms with Crippen molar-refractivity contribution in [2.45, 2.75) is 39.0 Å². The average Bonchev–Trinajstić information content (AvgIpc) is 2.94. The van der Waals surface area contributed by atoms with Crippen LogP contribution in [0.3, 0.4) is 0 Å². The Morgan fingerprint density at radius 2 is 2.14 bits per heavy atom. The van der Waals surface area contributed by atoms with Crippen LogP contribution < -0.4 is 0 Å². The Balaban J connectivity index is 2.52. The van der Waals surface area contributed by atoms with Gasteiger partial charge in [-0.3, -0.25) is 0 Å². The molecule has 114 valence electrons. The SMILES string of the molecule is Cc1cc(C)c(C(O)(Cn2cncn2)C(C)OP)cc1F. The van der Waals surface area contributed by atoms with Gasteiger partial charge in [-0.25, -0.2) is 14.1 Å². The summed E-state index contributed by atoms with van der Waals surface area (Å²) < 4.78 is 20.7. The van der Waals surface area contributed by atoms with E-state index in [0.29, 0.717) is 11.1 Å². The predicted molar refractivity (Wildman–Crippen MR) is 80.0 cm³/mol. The summed E-state index contributed by atoms with van der Waals surface area (Å²) in [6.45, 7) is 5.37. The minimum Gasteiger partial charge on any atom is -0.380 e. The molecule has 0 radical (unpaired) electrons. The number of halogens is 1. The van der Waals surface area contributed by atoms with Crippen LogP contribution >= 0.6 is 9.47 Å². The van der Waals surface area contributed by atoms with Gasteiger partial charge in [0.05, 0.1) is 12.6 Å². The van der Waals surface area contributed by atoms with Crippen LogP contribution in [0.15, 0.2) is 24.8 Å². The third-order valence-corrected chi connectivity index (χ3v) is 4.13. The molecule has 3 unspecified atom stereocenters. The Kier molecular flexibility index (Phi) is 4.71. The van der Waals surface area contributed by atoms with Gasteiger partial charge in [0, 0.05) is 9.47 Å². The molecule has 0 saturated heterocycles. The lowest BCUT2D eigenvalue weighted by atomic mass is 9.85. The van der Waals surface area contributed by atoms with E-state index >= 15 is 0 Å². The lowest BCUT2D eigenvalue weighted by molar-refractivity contribution is -0.0682. The standard InChI is InChI=1S/C14H19FN3O2P/c1-9-4-10(2)13(15)5-12(9)14(19,11(3)20-21)6-18-8-16-7-17-18/h4-5,7-8,11,19H,6,21H2,1-3H3. The maximum Gasteiger partial charge on any atom is 0.137 e. The number of aliphatic hydroxyl groups is 1. The van der Waals surface area contributed by atoms with Gasteiger partial charge >= 0.3 is 0 Å². The van der Waals surface area contributed by atoms with Gasteiger partial charge in [-0.05, 0) is 43.5 Å². The third kappa shape index (κ3) is 3.12. The van der Waals surface area contributed by atoms with Crippen molar-refractivity contribution < 1.29 is 14.0 Å². The van der Waals surface area contributed by atoms with E-state index in [2.05, 4.69) is 19.5 Å². The van der Waals surface area contributed by atoms with Gasteiger partial charge in [-0.2, -0.15) is 5.10 Å². The fourth-order valence-electron chi connectivity index (χ4n) is 2.40. The van der Waals surface area contributed by atoms with E-state index in [4.69, 9.17) is 4.52 Å². The Morgan fingerprint density at radius 3 is 2.71 bits per heavy atom. The first kappa shape index (κ1) is 16.0. The van der Waals surface area contributed by atoms with Gasteiger partial charge in [0.25, 0.3) is 0 Å². The first-order valence-electron chi connectivity index (χ1n) is 6.56. The monoisotopic (exact) mass is 311 g/mol. The highest BCUT2D eigenvalue weighted by Crippen LogP contribution is 2.33. The summed E-state index contributed by atoms with van der Waals surface area (Å²) in [5.41, 5.74) is 0.397. The van der Waals surface area contributed by atoms with Crippen LogP contribution in [0, 0.1) is 19.7 Å². The highest BCUT2D eigenvalue weighted by atomic mass is 31.0. The number of benzene rings is 1. The molecule has 21 heavy (non-hydrogen) atoms. The maximum absolute atomic E-state index is 13.9. The molecule has 0 spiro atoms. The molecule has 5 nitrogen and oxygen atoms in total. The molecule has 1 aromatic heterocycles. The van der Waals surface area contributed by atoms with Crippen molar-refractivity contribution in [3.8, 4) is 0 Å². The highest BCUT2D eigenvalue weighted by molar-refractivity contribution is 7.09. The second-order valence-corrected chi connectivity index (χ2v) is 5.48. The van der Waals surface area contributed by atoms with Crippen molar-refractivity contribution in [2.75, 3.05) is 0 Å². The summed E-state index contributed by atoms with van der Waals surface area (Å²) in [5.74, 6) is -0.358. The van der Waals surface area contributed by atoms with Gasteiger partial charge in [-0.1, -0.05) is 6.07 Å². The van der Waals surface area contributed by atoms with Crippen LogP contribution in [0.1, 0.15) is 23.6 Å². The first-order chi connectivity index (χ1) is 9.88. The number of rotatable bonds is 5. The van der Waals surface area contributed by atoms with Crippen molar-refractivity contribution in [3.63, 3.8) is 0 Å². The molecule has 0 fully saturated rings. The van der Waals surface area contributed by atoms with Crippen molar-refractivity contribution >= 4 is 9.47 Å². The number of aromatic nitrogens is 3. The van der Waals surface area contributed by atoms with Gasteiger partial charge in [-0.15, -0.1) is 0 Å². The van der Waals surface area contributed by atoms with E-state index in [1.807, 2.05) is 6.92 Å². The minimum absolute atomic E-state index is 0.117. The average molecular weight is 311 g/mol. The molecule has 1 heterocycles. The predicted octanol–water partition coefficient (Wildman–Crippen LogP) is 2.12. The fourth-order valence-corrected chi connectivity index (χ4v) is 2.62. The first-order valence-corrected chi connectivity index (χ1v) is 7.03. The quantitative estimate of drug-likeness (QED) is 0.859. The Hall–Kier alpha value is -1.36. The van der Waals surface area contributed by atoms with E-state index in [0.717, 1.165) is 5.56 Å². The summed E-state index contributed by atoms with van der Waals surface area (Å²) >= 11 is 0. The molecule has 1 N–H and O–H groups in total. The summed E-state index contributed by atoms with van der Waals surface area (Å²) in [5, 5.41) is 15.1. The molecule has 2 aromatic rings. The zero-order valence-electron chi connectivity index (χ0n) is 12.2. The van der Waals surface area contributed by atoms with E-state index in [1.165, 1.54) is 23.4 Å². The second kappa shape index (κ2) is 6.18. The van der Waals surface area contributed by atoms with E-state index in [-0.39, 0.29) is 12.4 Å². The Morgan fingerprint density at radius 1 is 1.43 bits per heavy atom. The summed E-state index contributed by atoms with van der Waals surface area (Å²) in [6, 6.07) is 3.08. The normalized spacial score (nSPS) is 15.7. The lowest BCUT2D eigenvalue weighted by Gasteiger charge is -2.34. The summed E-state index contributed by atoms with van der Waals surface area (Å²) in [6.07, 6.45) is 2.31. The largest absolute Gasteiger partial charge is 0.380 e. The van der Waals surface area contributed by atoms with Gasteiger partial charge in [0.15, 0.2) is 0 Å². The smallest absolute Gasteiger partial charge is 0.137 e. The summed E-state index contributed by atoms with van der Waals surface area (Å²) in [4.78, 5) is 3.86. The highest BCUT2D eigenvalue weighted by Gasteiger charge is 2.38. The van der Waals surface area contributed by atoms with Crippen LogP contribution in [-0.2, 0) is 16.7 Å². The molecule has 0 aliphatic rings. The van der Waals surface area contributed by atoms with E-state index < -0.39 is 11.7 Å². The number of aryl methyl sites for hydroxylation is 2. The topological polar surface area (TPSA) is 60.2 Å². The van der Waals surface area contributed by atoms with Crippen LogP contribution in [0.5, 0.6) is 0 Å². The fraction of sp³-hybridized carbons (Fsp3) is 0.429. The molecule has 1 aromatic carbocycles. The molecule has 2 rings (SSSR count). The van der Waals surface area contributed by atoms with E-state index in [9.17, 15) is 9.50 Å². The number of hydrogen-bond donors (Lipinski definition) is 1. The van der Waals surface area contributed by atoms with Crippen molar-refractivity contribution in [2.24, 2.45) is 0 Å². The van der Waals surface area contributed by atoms with Crippen LogP contribution in [0.2, 0.25) is 0 Å².